The third-order valence-electron chi connectivity index (χ3n) is 3.03. The lowest BCUT2D eigenvalue weighted by Crippen LogP contribution is -2.23. The van der Waals surface area contributed by atoms with Crippen LogP contribution in [-0.4, -0.2) is 25.4 Å². The third-order valence-corrected chi connectivity index (χ3v) is 3.03. The largest absolute Gasteiger partial charge is 0.491 e. The van der Waals surface area contributed by atoms with Crippen LogP contribution in [0.2, 0.25) is 0 Å². The Morgan fingerprint density at radius 3 is 2.88 bits per heavy atom. The molecule has 3 nitrogen and oxygen atoms in total. The molecule has 0 spiro atoms. The Morgan fingerprint density at radius 2 is 2.18 bits per heavy atom. The minimum Gasteiger partial charge on any atom is -0.491 e. The van der Waals surface area contributed by atoms with Crippen LogP contribution in [0.1, 0.15) is 18.4 Å². The average Bonchev–Trinajstić information content (AvgIpc) is 2.78. The van der Waals surface area contributed by atoms with Gasteiger partial charge < -0.3 is 15.2 Å². The average molecular weight is 239 g/mol. The molecule has 1 saturated heterocycles. The van der Waals surface area contributed by atoms with Gasteiger partial charge in [-0.15, -0.1) is 0 Å². The zero-order chi connectivity index (χ0) is 12.3. The first-order chi connectivity index (χ1) is 8.19. The molecule has 94 valence electrons. The Morgan fingerprint density at radius 1 is 1.41 bits per heavy atom. The number of ether oxygens (including phenoxy) is 2. The topological polar surface area (TPSA) is 44.5 Å². The van der Waals surface area contributed by atoms with Gasteiger partial charge in [0, 0.05) is 12.6 Å². The molecule has 0 aromatic heterocycles. The fourth-order valence-electron chi connectivity index (χ4n) is 1.99. The number of halogens is 1. The van der Waals surface area contributed by atoms with E-state index < -0.39 is 0 Å². The van der Waals surface area contributed by atoms with Crippen LogP contribution in [0.3, 0.4) is 0 Å². The fraction of sp³-hybridized carbons (Fsp3) is 0.538. The van der Waals surface area contributed by atoms with Gasteiger partial charge in [0.15, 0.2) is 0 Å². The van der Waals surface area contributed by atoms with E-state index in [0.717, 1.165) is 18.4 Å². The van der Waals surface area contributed by atoms with Gasteiger partial charge in [-0.2, -0.15) is 0 Å². The van der Waals surface area contributed by atoms with E-state index >= 15 is 0 Å². The van der Waals surface area contributed by atoms with E-state index in [4.69, 9.17) is 15.2 Å². The van der Waals surface area contributed by atoms with Crippen LogP contribution in [0.5, 0.6) is 5.75 Å². The van der Waals surface area contributed by atoms with Crippen molar-refractivity contribution >= 4 is 0 Å². The molecule has 4 heteroatoms. The smallest absolute Gasteiger partial charge is 0.126 e. The van der Waals surface area contributed by atoms with Gasteiger partial charge in [-0.1, -0.05) is 6.07 Å². The molecule has 0 aliphatic carbocycles. The van der Waals surface area contributed by atoms with E-state index in [9.17, 15) is 4.39 Å². The lowest BCUT2D eigenvalue weighted by molar-refractivity contribution is 0.0220. The normalized spacial score (nSPS) is 23.9. The zero-order valence-electron chi connectivity index (χ0n) is 9.99. The third kappa shape index (κ3) is 3.17. The van der Waals surface area contributed by atoms with Gasteiger partial charge in [0.1, 0.15) is 18.2 Å². The lowest BCUT2D eigenvalue weighted by atomic mass is 10.2. The van der Waals surface area contributed by atoms with E-state index in [2.05, 4.69) is 0 Å². The predicted octanol–water partition coefficient (Wildman–Crippen LogP) is 2.02. The fourth-order valence-corrected chi connectivity index (χ4v) is 1.99. The van der Waals surface area contributed by atoms with E-state index in [0.29, 0.717) is 18.9 Å². The first-order valence-electron chi connectivity index (χ1n) is 5.93. The number of hydrogen-bond acceptors (Lipinski definition) is 3. The predicted molar refractivity (Wildman–Crippen MR) is 63.6 cm³/mol. The van der Waals surface area contributed by atoms with Crippen molar-refractivity contribution in [3.8, 4) is 5.75 Å². The molecular formula is C13H18FNO2. The first kappa shape index (κ1) is 12.3. The summed E-state index contributed by atoms with van der Waals surface area (Å²) >= 11 is 0. The summed E-state index contributed by atoms with van der Waals surface area (Å²) in [7, 11) is 0. The SMILES string of the molecule is Cc1ccc(F)cc1OCC1CCC(CN)O1. The van der Waals surface area contributed by atoms with E-state index in [1.807, 2.05) is 6.92 Å². The molecular weight excluding hydrogens is 221 g/mol. The molecule has 1 aliphatic rings. The Kier molecular flexibility index (Phi) is 3.97. The highest BCUT2D eigenvalue weighted by molar-refractivity contribution is 5.32. The van der Waals surface area contributed by atoms with Gasteiger partial charge >= 0.3 is 0 Å². The van der Waals surface area contributed by atoms with E-state index in [1.165, 1.54) is 12.1 Å². The van der Waals surface area contributed by atoms with Crippen molar-refractivity contribution in [1.29, 1.82) is 0 Å². The molecule has 0 saturated carbocycles. The molecule has 0 bridgehead atoms. The molecule has 2 unspecified atom stereocenters. The van der Waals surface area contributed by atoms with Crippen LogP contribution in [-0.2, 0) is 4.74 Å². The number of benzene rings is 1. The minimum absolute atomic E-state index is 0.0752. The monoisotopic (exact) mass is 239 g/mol. The molecule has 0 radical (unpaired) electrons. The van der Waals surface area contributed by atoms with Crippen molar-refractivity contribution in [3.63, 3.8) is 0 Å². The summed E-state index contributed by atoms with van der Waals surface area (Å²) in [5.41, 5.74) is 6.46. The number of nitrogens with two attached hydrogens (primary N) is 1. The van der Waals surface area contributed by atoms with Crippen LogP contribution >= 0.6 is 0 Å². The molecule has 1 heterocycles. The van der Waals surface area contributed by atoms with Crippen LogP contribution in [0.4, 0.5) is 4.39 Å². The summed E-state index contributed by atoms with van der Waals surface area (Å²) < 4.78 is 24.3. The molecule has 1 fully saturated rings. The first-order valence-corrected chi connectivity index (χ1v) is 5.93. The van der Waals surface area contributed by atoms with E-state index in [-0.39, 0.29) is 18.0 Å². The molecule has 2 rings (SSSR count). The number of rotatable bonds is 4. The molecule has 17 heavy (non-hydrogen) atoms. The van der Waals surface area contributed by atoms with Crippen molar-refractivity contribution in [2.24, 2.45) is 5.73 Å². The quantitative estimate of drug-likeness (QED) is 0.874. The van der Waals surface area contributed by atoms with Crippen LogP contribution in [0.15, 0.2) is 18.2 Å². The standard InChI is InChI=1S/C13H18FNO2/c1-9-2-3-10(14)6-13(9)16-8-12-5-4-11(7-15)17-12/h2-3,6,11-12H,4-5,7-8,15H2,1H3. The van der Waals surface area contributed by atoms with Crippen molar-refractivity contribution in [1.82, 2.24) is 0 Å². The van der Waals surface area contributed by atoms with Gasteiger partial charge in [0.25, 0.3) is 0 Å². The molecule has 0 amide bonds. The molecule has 1 aromatic carbocycles. The second-order valence-corrected chi connectivity index (χ2v) is 4.41. The van der Waals surface area contributed by atoms with Crippen LogP contribution < -0.4 is 10.5 Å². The van der Waals surface area contributed by atoms with Gasteiger partial charge in [-0.3, -0.25) is 0 Å². The van der Waals surface area contributed by atoms with Crippen molar-refractivity contribution in [3.05, 3.63) is 29.6 Å². The van der Waals surface area contributed by atoms with Gasteiger partial charge in [-0.05, 0) is 31.4 Å². The molecule has 1 aliphatic heterocycles. The summed E-state index contributed by atoms with van der Waals surface area (Å²) in [4.78, 5) is 0. The second kappa shape index (κ2) is 5.47. The molecule has 2 N–H and O–H groups in total. The van der Waals surface area contributed by atoms with Gasteiger partial charge in [0.05, 0.1) is 12.2 Å². The summed E-state index contributed by atoms with van der Waals surface area (Å²) in [6.45, 7) is 2.91. The summed E-state index contributed by atoms with van der Waals surface area (Å²) in [6, 6.07) is 4.55. The summed E-state index contributed by atoms with van der Waals surface area (Å²) in [6.07, 6.45) is 2.16. The summed E-state index contributed by atoms with van der Waals surface area (Å²) in [5.74, 6) is 0.308. The van der Waals surface area contributed by atoms with Crippen LogP contribution in [0, 0.1) is 12.7 Å². The second-order valence-electron chi connectivity index (χ2n) is 4.41. The zero-order valence-corrected chi connectivity index (χ0v) is 9.99. The van der Waals surface area contributed by atoms with Gasteiger partial charge in [-0.25, -0.2) is 4.39 Å². The maximum atomic E-state index is 13.0. The number of aryl methyl sites for hydroxylation is 1. The van der Waals surface area contributed by atoms with Crippen molar-refractivity contribution in [2.45, 2.75) is 32.0 Å². The highest BCUT2D eigenvalue weighted by Gasteiger charge is 2.24. The van der Waals surface area contributed by atoms with Crippen molar-refractivity contribution < 1.29 is 13.9 Å². The maximum absolute atomic E-state index is 13.0. The lowest BCUT2D eigenvalue weighted by Gasteiger charge is -2.14. The molecule has 2 atom stereocenters. The Labute approximate surface area is 101 Å². The van der Waals surface area contributed by atoms with Crippen molar-refractivity contribution in [2.75, 3.05) is 13.2 Å². The maximum Gasteiger partial charge on any atom is 0.126 e. The highest BCUT2D eigenvalue weighted by Crippen LogP contribution is 2.22. The van der Waals surface area contributed by atoms with Crippen LogP contribution in [0.25, 0.3) is 0 Å². The van der Waals surface area contributed by atoms with E-state index in [1.54, 1.807) is 6.07 Å². The highest BCUT2D eigenvalue weighted by atomic mass is 19.1. The Hall–Kier alpha value is -1.13. The van der Waals surface area contributed by atoms with Gasteiger partial charge in [0.2, 0.25) is 0 Å². The summed E-state index contributed by atoms with van der Waals surface area (Å²) in [5, 5.41) is 0. The Bertz CT molecular complexity index is 384. The number of hydrogen-bond donors (Lipinski definition) is 1. The minimum atomic E-state index is -0.280. The molecule has 1 aromatic rings. The Balaban J connectivity index is 1.88.